The zero-order valence-corrected chi connectivity index (χ0v) is 11.7. The van der Waals surface area contributed by atoms with Gasteiger partial charge in [-0.25, -0.2) is 0 Å². The van der Waals surface area contributed by atoms with Crippen molar-refractivity contribution < 1.29 is 0 Å². The summed E-state index contributed by atoms with van der Waals surface area (Å²) in [6.45, 7) is 9.47. The molecule has 0 nitrogen and oxygen atoms in total. The lowest BCUT2D eigenvalue weighted by atomic mass is 9.69. The van der Waals surface area contributed by atoms with Gasteiger partial charge in [0.25, 0.3) is 0 Å². The second-order valence-corrected chi connectivity index (χ2v) is 5.72. The van der Waals surface area contributed by atoms with Crippen molar-refractivity contribution in [2.45, 2.75) is 66.2 Å². The zero-order valence-electron chi connectivity index (χ0n) is 11.7. The fourth-order valence-electron chi connectivity index (χ4n) is 3.17. The van der Waals surface area contributed by atoms with Gasteiger partial charge in [-0.2, -0.15) is 0 Å². The molecule has 94 valence electrons. The minimum Gasteiger partial charge on any atom is -0.0851 e. The van der Waals surface area contributed by atoms with E-state index in [-0.39, 0.29) is 0 Å². The number of hydrogen-bond donors (Lipinski definition) is 0. The van der Waals surface area contributed by atoms with Crippen LogP contribution in [0.3, 0.4) is 0 Å². The fraction of sp³-hybridized carbons (Fsp3) is 0.875. The van der Waals surface area contributed by atoms with E-state index in [0.717, 1.165) is 23.7 Å². The van der Waals surface area contributed by atoms with Gasteiger partial charge in [0, 0.05) is 0 Å². The second-order valence-electron chi connectivity index (χ2n) is 5.72. The van der Waals surface area contributed by atoms with Crippen molar-refractivity contribution in [2.24, 2.45) is 23.7 Å². The maximum atomic E-state index is 2.53. The third-order valence-electron chi connectivity index (χ3n) is 4.48. The van der Waals surface area contributed by atoms with Crippen LogP contribution in [-0.2, 0) is 0 Å². The molecule has 1 aliphatic carbocycles. The molecule has 16 heavy (non-hydrogen) atoms. The van der Waals surface area contributed by atoms with Crippen molar-refractivity contribution in [1.29, 1.82) is 0 Å². The molecule has 0 spiro atoms. The van der Waals surface area contributed by atoms with E-state index in [4.69, 9.17) is 0 Å². The molecule has 4 atom stereocenters. The van der Waals surface area contributed by atoms with Crippen LogP contribution < -0.4 is 0 Å². The van der Waals surface area contributed by atoms with Gasteiger partial charge in [0.15, 0.2) is 0 Å². The molecule has 0 heteroatoms. The van der Waals surface area contributed by atoms with Gasteiger partial charge in [0.1, 0.15) is 0 Å². The molecule has 1 aliphatic rings. The summed E-state index contributed by atoms with van der Waals surface area (Å²) in [4.78, 5) is 0. The van der Waals surface area contributed by atoms with E-state index in [9.17, 15) is 0 Å². The van der Waals surface area contributed by atoms with Crippen molar-refractivity contribution in [3.63, 3.8) is 0 Å². The van der Waals surface area contributed by atoms with Gasteiger partial charge >= 0.3 is 0 Å². The summed E-state index contributed by atoms with van der Waals surface area (Å²) in [6.07, 6.45) is 13.4. The number of rotatable bonds is 6. The van der Waals surface area contributed by atoms with Gasteiger partial charge < -0.3 is 0 Å². The van der Waals surface area contributed by atoms with Crippen molar-refractivity contribution in [2.75, 3.05) is 0 Å². The molecule has 0 bridgehead atoms. The Bertz CT molecular complexity index is 204. The van der Waals surface area contributed by atoms with Crippen LogP contribution in [-0.4, -0.2) is 0 Å². The molecular weight excluding hydrogens is 192 g/mol. The predicted molar refractivity (Wildman–Crippen MR) is 73.5 cm³/mol. The van der Waals surface area contributed by atoms with Gasteiger partial charge in [0.05, 0.1) is 0 Å². The van der Waals surface area contributed by atoms with E-state index in [0.29, 0.717) is 0 Å². The first-order chi connectivity index (χ1) is 7.70. The van der Waals surface area contributed by atoms with Crippen molar-refractivity contribution in [1.82, 2.24) is 0 Å². The average Bonchev–Trinajstić information content (AvgIpc) is 2.28. The molecule has 0 radical (unpaired) electrons. The van der Waals surface area contributed by atoms with Crippen LogP contribution in [0.2, 0.25) is 0 Å². The topological polar surface area (TPSA) is 0 Å². The summed E-state index contributed by atoms with van der Waals surface area (Å²) in [5, 5.41) is 0. The average molecular weight is 222 g/mol. The highest BCUT2D eigenvalue weighted by Gasteiger charge is 2.29. The predicted octanol–water partition coefficient (Wildman–Crippen LogP) is 5.44. The molecule has 0 heterocycles. The molecule has 0 aromatic rings. The Kier molecular flexibility index (Phi) is 6.16. The largest absolute Gasteiger partial charge is 0.0851 e. The van der Waals surface area contributed by atoms with E-state index >= 15 is 0 Å². The molecule has 0 amide bonds. The molecule has 0 saturated heterocycles. The van der Waals surface area contributed by atoms with Gasteiger partial charge in [-0.3, -0.25) is 0 Å². The first-order valence-corrected chi connectivity index (χ1v) is 7.39. The van der Waals surface area contributed by atoms with E-state index in [1.54, 1.807) is 0 Å². The minimum atomic E-state index is 0.791. The standard InChI is InChI=1S/C16H30/c1-5-7-8-10-15-12-11-13(3)14(4)16(15)9-6-2/h11-16H,5-10H2,1-4H3. The van der Waals surface area contributed by atoms with E-state index in [1.165, 1.54) is 38.5 Å². The molecule has 0 fully saturated rings. The van der Waals surface area contributed by atoms with Crippen LogP contribution in [0.5, 0.6) is 0 Å². The van der Waals surface area contributed by atoms with E-state index in [1.807, 2.05) is 0 Å². The Morgan fingerprint density at radius 3 is 2.25 bits per heavy atom. The normalized spacial score (nSPS) is 34.2. The molecule has 0 saturated carbocycles. The molecule has 0 aromatic heterocycles. The lowest BCUT2D eigenvalue weighted by molar-refractivity contribution is 0.193. The van der Waals surface area contributed by atoms with Gasteiger partial charge in [0.2, 0.25) is 0 Å². The van der Waals surface area contributed by atoms with Crippen LogP contribution >= 0.6 is 0 Å². The Hall–Kier alpha value is -0.260. The van der Waals surface area contributed by atoms with Crippen LogP contribution in [0.15, 0.2) is 12.2 Å². The third kappa shape index (κ3) is 3.64. The second kappa shape index (κ2) is 7.14. The summed E-state index contributed by atoms with van der Waals surface area (Å²) in [7, 11) is 0. The highest BCUT2D eigenvalue weighted by molar-refractivity contribution is 5.02. The Balaban J connectivity index is 2.54. The van der Waals surface area contributed by atoms with E-state index in [2.05, 4.69) is 39.8 Å². The van der Waals surface area contributed by atoms with E-state index < -0.39 is 0 Å². The monoisotopic (exact) mass is 222 g/mol. The first-order valence-electron chi connectivity index (χ1n) is 7.39. The first kappa shape index (κ1) is 13.8. The quantitative estimate of drug-likeness (QED) is 0.414. The summed E-state index contributed by atoms with van der Waals surface area (Å²) in [5.74, 6) is 3.50. The maximum absolute atomic E-state index is 2.53. The van der Waals surface area contributed by atoms with Gasteiger partial charge in [-0.05, 0) is 36.5 Å². The number of unbranched alkanes of at least 4 members (excludes halogenated alkanes) is 2. The van der Waals surface area contributed by atoms with Crippen LogP contribution in [0, 0.1) is 23.7 Å². The highest BCUT2D eigenvalue weighted by atomic mass is 14.3. The zero-order chi connectivity index (χ0) is 12.0. The molecule has 0 aliphatic heterocycles. The fourth-order valence-corrected chi connectivity index (χ4v) is 3.17. The molecule has 0 aromatic carbocycles. The van der Waals surface area contributed by atoms with Crippen molar-refractivity contribution >= 4 is 0 Å². The molecule has 4 unspecified atom stereocenters. The Morgan fingerprint density at radius 2 is 1.62 bits per heavy atom. The van der Waals surface area contributed by atoms with Crippen molar-refractivity contribution in [3.05, 3.63) is 12.2 Å². The third-order valence-corrected chi connectivity index (χ3v) is 4.48. The van der Waals surface area contributed by atoms with Gasteiger partial charge in [-0.15, -0.1) is 0 Å². The smallest absolute Gasteiger partial charge is 0.0202 e. The Labute approximate surface area is 103 Å². The Morgan fingerprint density at radius 1 is 0.875 bits per heavy atom. The van der Waals surface area contributed by atoms with Crippen LogP contribution in [0.1, 0.15) is 66.2 Å². The number of allylic oxidation sites excluding steroid dienone is 2. The highest BCUT2D eigenvalue weighted by Crippen LogP contribution is 2.39. The molecule has 0 N–H and O–H groups in total. The van der Waals surface area contributed by atoms with Crippen LogP contribution in [0.25, 0.3) is 0 Å². The maximum Gasteiger partial charge on any atom is -0.0202 e. The molecular formula is C16H30. The number of hydrogen-bond acceptors (Lipinski definition) is 0. The lowest BCUT2D eigenvalue weighted by Crippen LogP contribution is -2.28. The van der Waals surface area contributed by atoms with Crippen molar-refractivity contribution in [3.8, 4) is 0 Å². The minimum absolute atomic E-state index is 0.791. The summed E-state index contributed by atoms with van der Waals surface area (Å²) < 4.78 is 0. The molecule has 1 rings (SSSR count). The van der Waals surface area contributed by atoms with Gasteiger partial charge in [-0.1, -0.05) is 65.5 Å². The summed E-state index contributed by atoms with van der Waals surface area (Å²) in [5.41, 5.74) is 0. The summed E-state index contributed by atoms with van der Waals surface area (Å²) >= 11 is 0. The lowest BCUT2D eigenvalue weighted by Gasteiger charge is -2.36. The summed E-state index contributed by atoms with van der Waals surface area (Å²) in [6, 6.07) is 0. The van der Waals surface area contributed by atoms with Crippen LogP contribution in [0.4, 0.5) is 0 Å². The SMILES string of the molecule is CCCCCC1C=CC(C)C(C)C1CCC.